The lowest BCUT2D eigenvalue weighted by Gasteiger charge is -2.19. The van der Waals surface area contributed by atoms with Crippen molar-refractivity contribution in [2.45, 2.75) is 0 Å². The molecule has 6 aromatic carbocycles. The van der Waals surface area contributed by atoms with Gasteiger partial charge in [-0.3, -0.25) is 0 Å². The van der Waals surface area contributed by atoms with E-state index in [2.05, 4.69) is 72.8 Å². The van der Waals surface area contributed by atoms with Crippen molar-refractivity contribution in [1.29, 1.82) is 0 Å². The lowest BCUT2D eigenvalue weighted by molar-refractivity contribution is 1.77. The molecule has 0 spiro atoms. The van der Waals surface area contributed by atoms with Gasteiger partial charge < -0.3 is 0 Å². The lowest BCUT2D eigenvalue weighted by atomic mass is 9.84. The summed E-state index contributed by atoms with van der Waals surface area (Å²) >= 11 is 0. The van der Waals surface area contributed by atoms with E-state index in [9.17, 15) is 0 Å². The van der Waals surface area contributed by atoms with E-state index in [1.165, 1.54) is 65.0 Å². The van der Waals surface area contributed by atoms with Gasteiger partial charge in [0.05, 0.1) is 0 Å². The molecule has 0 aromatic heterocycles. The Morgan fingerprint density at radius 3 is 1.96 bits per heavy atom. The van der Waals surface area contributed by atoms with Crippen molar-refractivity contribution in [1.82, 2.24) is 0 Å². The zero-order valence-corrected chi connectivity index (χ0v) is 12.9. The fraction of sp³-hybridized carbons (Fsp3) is 0. The molecule has 0 bridgehead atoms. The highest BCUT2D eigenvalue weighted by Gasteiger charge is 2.22. The van der Waals surface area contributed by atoms with E-state index in [1.54, 1.807) is 0 Å². The van der Waals surface area contributed by atoms with Crippen LogP contribution >= 0.6 is 0 Å². The molecule has 24 heavy (non-hydrogen) atoms. The molecule has 0 fully saturated rings. The van der Waals surface area contributed by atoms with E-state index in [-0.39, 0.29) is 0 Å². The first-order valence-corrected chi connectivity index (χ1v) is 8.47. The van der Waals surface area contributed by atoms with Crippen LogP contribution in [0.5, 0.6) is 0 Å². The topological polar surface area (TPSA) is 0 Å². The molecule has 0 aliphatic heterocycles. The highest BCUT2D eigenvalue weighted by Crippen LogP contribution is 2.49. The molecule has 0 nitrogen and oxygen atoms in total. The average molecular weight is 300 g/mol. The zero-order chi connectivity index (χ0) is 15.4. The van der Waals surface area contributed by atoms with Crippen molar-refractivity contribution in [3.05, 3.63) is 71.8 Å². The van der Waals surface area contributed by atoms with Crippen molar-refractivity contribution in [2.75, 3.05) is 0 Å². The number of fused-ring (bicyclic) bond motifs is 5. The molecule has 108 valence electrons. The molecule has 0 amide bonds. The normalized spacial score (nSPS) is 13.7. The molecular weight excluding hydrogens is 288 g/mol. The quantitative estimate of drug-likeness (QED) is 0.213. The van der Waals surface area contributed by atoms with Crippen LogP contribution < -0.4 is 0 Å². The van der Waals surface area contributed by atoms with Gasteiger partial charge in [0, 0.05) is 0 Å². The van der Waals surface area contributed by atoms with Crippen molar-refractivity contribution in [3.8, 4) is 0 Å². The molecule has 0 unspecified atom stereocenters. The third kappa shape index (κ3) is 1.05. The van der Waals surface area contributed by atoms with Crippen LogP contribution in [-0.4, -0.2) is 0 Å². The standard InChI is InChI=1S/C24H12/c1-3-13-4-2-6-20-21(13)16(5-1)19-10-8-14-7-9-17-15-11-12-18(15)23(20)24(19)22(14)17/h1-12H. The molecule has 6 aromatic rings. The van der Waals surface area contributed by atoms with Gasteiger partial charge in [-0.2, -0.15) is 0 Å². The predicted molar refractivity (Wildman–Crippen MR) is 105 cm³/mol. The van der Waals surface area contributed by atoms with Crippen LogP contribution in [0.1, 0.15) is 11.1 Å². The fourth-order valence-electron chi connectivity index (χ4n) is 4.90. The van der Waals surface area contributed by atoms with Crippen molar-refractivity contribution in [2.24, 2.45) is 0 Å². The Morgan fingerprint density at radius 2 is 1.12 bits per heavy atom. The Morgan fingerprint density at radius 1 is 0.417 bits per heavy atom. The number of hydrogen-bond donors (Lipinski definition) is 0. The van der Waals surface area contributed by atoms with Gasteiger partial charge >= 0.3 is 0 Å². The first-order valence-electron chi connectivity index (χ1n) is 8.47. The van der Waals surface area contributed by atoms with Crippen molar-refractivity contribution >= 4 is 66.0 Å². The second kappa shape index (κ2) is 3.52. The zero-order valence-electron chi connectivity index (χ0n) is 12.9. The monoisotopic (exact) mass is 300 g/mol. The van der Waals surface area contributed by atoms with Crippen molar-refractivity contribution < 1.29 is 0 Å². The summed E-state index contributed by atoms with van der Waals surface area (Å²) in [6.07, 6.45) is 4.56. The molecule has 0 atom stereocenters. The highest BCUT2D eigenvalue weighted by atomic mass is 14.2. The molecule has 0 radical (unpaired) electrons. The molecule has 7 rings (SSSR count). The summed E-state index contributed by atoms with van der Waals surface area (Å²) in [6, 6.07) is 22.6. The molecule has 0 heterocycles. The summed E-state index contributed by atoms with van der Waals surface area (Å²) in [5, 5.41) is 14.1. The van der Waals surface area contributed by atoms with Crippen LogP contribution in [0.2, 0.25) is 0 Å². The van der Waals surface area contributed by atoms with E-state index in [0.717, 1.165) is 0 Å². The number of benzene rings is 5. The van der Waals surface area contributed by atoms with Gasteiger partial charge in [0.1, 0.15) is 0 Å². The van der Waals surface area contributed by atoms with Crippen LogP contribution in [0.3, 0.4) is 0 Å². The summed E-state index contributed by atoms with van der Waals surface area (Å²) in [5.74, 6) is 0. The predicted octanol–water partition coefficient (Wildman–Crippen LogP) is 6.81. The molecule has 1 aliphatic carbocycles. The van der Waals surface area contributed by atoms with Gasteiger partial charge in [-0.1, -0.05) is 72.8 Å². The number of rotatable bonds is 0. The Labute approximate surface area is 138 Å². The van der Waals surface area contributed by atoms with Crippen LogP contribution in [0, 0.1) is 0 Å². The van der Waals surface area contributed by atoms with Gasteiger partial charge in [0.2, 0.25) is 0 Å². The first kappa shape index (κ1) is 11.4. The van der Waals surface area contributed by atoms with Gasteiger partial charge in [-0.25, -0.2) is 0 Å². The minimum Gasteiger partial charge on any atom is -0.0610 e. The van der Waals surface area contributed by atoms with E-state index in [4.69, 9.17) is 0 Å². The molecular formula is C24H12. The van der Waals surface area contributed by atoms with Gasteiger partial charge in [0.25, 0.3) is 0 Å². The van der Waals surface area contributed by atoms with E-state index >= 15 is 0 Å². The smallest absolute Gasteiger partial charge is 0.000785 e. The Kier molecular flexibility index (Phi) is 1.67. The summed E-state index contributed by atoms with van der Waals surface area (Å²) in [7, 11) is 0. The highest BCUT2D eigenvalue weighted by molar-refractivity contribution is 6.41. The average Bonchev–Trinajstić information content (AvgIpc) is 3.00. The number of hydrogen-bond acceptors (Lipinski definition) is 0. The maximum Gasteiger partial charge on any atom is -0.000785 e. The summed E-state index contributed by atoms with van der Waals surface area (Å²) in [6.45, 7) is 0. The molecule has 0 saturated carbocycles. The van der Waals surface area contributed by atoms with Crippen LogP contribution in [-0.2, 0) is 0 Å². The van der Waals surface area contributed by atoms with E-state index in [1.807, 2.05) is 0 Å². The van der Waals surface area contributed by atoms with Crippen LogP contribution in [0.25, 0.3) is 66.0 Å². The fourth-order valence-corrected chi connectivity index (χ4v) is 4.90. The molecule has 1 aliphatic rings. The summed E-state index contributed by atoms with van der Waals surface area (Å²) < 4.78 is 0. The second-order valence-electron chi connectivity index (χ2n) is 6.94. The summed E-state index contributed by atoms with van der Waals surface area (Å²) in [5.41, 5.74) is 2.77. The Hall–Kier alpha value is -3.12. The van der Waals surface area contributed by atoms with Gasteiger partial charge in [-0.15, -0.1) is 0 Å². The maximum absolute atomic E-state index is 2.32. The minimum atomic E-state index is 1.34. The third-order valence-corrected chi connectivity index (χ3v) is 5.92. The van der Waals surface area contributed by atoms with Crippen LogP contribution in [0.15, 0.2) is 60.7 Å². The molecule has 0 heteroatoms. The van der Waals surface area contributed by atoms with Gasteiger partial charge in [-0.05, 0) is 65.0 Å². The summed E-state index contributed by atoms with van der Waals surface area (Å²) in [4.78, 5) is 0. The largest absolute Gasteiger partial charge is 0.0610 e. The maximum atomic E-state index is 2.32. The lowest BCUT2D eigenvalue weighted by Crippen LogP contribution is -1.92. The van der Waals surface area contributed by atoms with Gasteiger partial charge in [0.15, 0.2) is 0 Å². The Balaban J connectivity index is 2.01. The third-order valence-electron chi connectivity index (χ3n) is 5.92. The van der Waals surface area contributed by atoms with Crippen molar-refractivity contribution in [3.63, 3.8) is 0 Å². The first-order chi connectivity index (χ1) is 11.9. The SMILES string of the molecule is C1=Cc2c3ccc3c3c4cccc5cccc(c6ccc1c2c63)c54. The van der Waals surface area contributed by atoms with Crippen LogP contribution in [0.4, 0.5) is 0 Å². The van der Waals surface area contributed by atoms with E-state index < -0.39 is 0 Å². The molecule has 0 saturated heterocycles. The molecule has 0 N–H and O–H groups in total. The minimum absolute atomic E-state index is 1.34. The Bertz CT molecular complexity index is 1480. The second-order valence-corrected chi connectivity index (χ2v) is 6.94. The van der Waals surface area contributed by atoms with E-state index in [0.29, 0.717) is 0 Å².